The molecular weight excluding hydrogens is 493 g/mol. The van der Waals surface area contributed by atoms with Gasteiger partial charge in [-0.2, -0.15) is 0 Å². The molecule has 0 aromatic heterocycles. The number of piperidine rings is 1. The zero-order valence-corrected chi connectivity index (χ0v) is 20.6. The quantitative estimate of drug-likeness (QED) is 0.281. The van der Waals surface area contributed by atoms with Gasteiger partial charge in [-0.05, 0) is 56.0 Å². The van der Waals surface area contributed by atoms with Crippen LogP contribution in [0.4, 0.5) is 13.2 Å². The first-order chi connectivity index (χ1) is 17.1. The molecule has 1 fully saturated rings. The largest absolute Gasteiger partial charge is 0.401 e. The number of hydrogen-bond donors (Lipinski definition) is 5. The molecule has 7 nitrogen and oxygen atoms in total. The van der Waals surface area contributed by atoms with Gasteiger partial charge in [0.05, 0.1) is 22.3 Å². The maximum Gasteiger partial charge on any atom is 0.256 e. The third-order valence-electron chi connectivity index (χ3n) is 6.07. The fraction of sp³-hybridized carbons (Fsp3) is 0.280. The van der Waals surface area contributed by atoms with Crippen LogP contribution < -0.4 is 22.3 Å². The maximum atomic E-state index is 14.4. The zero-order valence-electron chi connectivity index (χ0n) is 19.9. The van der Waals surface area contributed by atoms with E-state index in [2.05, 4.69) is 10.7 Å². The fourth-order valence-corrected chi connectivity index (χ4v) is 4.55. The van der Waals surface area contributed by atoms with Crippen LogP contribution in [0.2, 0.25) is 5.02 Å². The highest BCUT2D eigenvalue weighted by atomic mass is 35.5. The molecule has 1 aliphatic rings. The van der Waals surface area contributed by atoms with E-state index >= 15 is 0 Å². The molecule has 1 amide bonds. The SMILES string of the molecule is CN/C(=C1/CCN(C(=O)c2cc(F)cc(CC/C(N)=C/NN)c2Cl)[C@@H](C)C1=N)c1cc(F)cc(F)c1. The van der Waals surface area contributed by atoms with Crippen molar-refractivity contribution in [3.63, 3.8) is 0 Å². The van der Waals surface area contributed by atoms with Gasteiger partial charge in [-0.15, -0.1) is 0 Å². The summed E-state index contributed by atoms with van der Waals surface area (Å²) in [4.78, 5) is 14.8. The van der Waals surface area contributed by atoms with Crippen molar-refractivity contribution in [2.45, 2.75) is 32.2 Å². The number of amides is 1. The van der Waals surface area contributed by atoms with E-state index in [1.54, 1.807) is 14.0 Å². The van der Waals surface area contributed by atoms with E-state index in [9.17, 15) is 18.0 Å². The van der Waals surface area contributed by atoms with Gasteiger partial charge < -0.3 is 26.8 Å². The third-order valence-corrected chi connectivity index (χ3v) is 6.52. The fourth-order valence-electron chi connectivity index (χ4n) is 4.27. The molecule has 36 heavy (non-hydrogen) atoms. The lowest BCUT2D eigenvalue weighted by molar-refractivity contribution is 0.0728. The van der Waals surface area contributed by atoms with E-state index in [0.29, 0.717) is 29.0 Å². The topological polar surface area (TPSA) is 120 Å². The first-order valence-electron chi connectivity index (χ1n) is 11.2. The zero-order chi connectivity index (χ0) is 26.6. The maximum absolute atomic E-state index is 14.4. The van der Waals surface area contributed by atoms with Crippen LogP contribution in [0.1, 0.15) is 41.3 Å². The van der Waals surface area contributed by atoms with Gasteiger partial charge in [0.1, 0.15) is 17.5 Å². The smallest absolute Gasteiger partial charge is 0.256 e. The van der Waals surface area contributed by atoms with Crippen LogP contribution in [0, 0.1) is 22.9 Å². The molecule has 2 aromatic rings. The first kappa shape index (κ1) is 27.1. The van der Waals surface area contributed by atoms with Gasteiger partial charge in [0, 0.05) is 48.4 Å². The van der Waals surface area contributed by atoms with E-state index in [-0.39, 0.29) is 41.2 Å². The second-order valence-corrected chi connectivity index (χ2v) is 8.79. The van der Waals surface area contributed by atoms with Gasteiger partial charge in [-0.1, -0.05) is 11.6 Å². The van der Waals surface area contributed by atoms with Crippen LogP contribution in [-0.2, 0) is 6.42 Å². The van der Waals surface area contributed by atoms with Crippen LogP contribution in [-0.4, -0.2) is 36.2 Å². The molecule has 1 saturated heterocycles. The number of benzene rings is 2. The van der Waals surface area contributed by atoms with Crippen LogP contribution in [0.3, 0.4) is 0 Å². The summed E-state index contributed by atoms with van der Waals surface area (Å²) in [6, 6.07) is 4.76. The Balaban J connectivity index is 1.90. The van der Waals surface area contributed by atoms with Crippen molar-refractivity contribution in [2.75, 3.05) is 13.6 Å². The number of carbonyl (C=O) groups is 1. The molecule has 2 aromatic carbocycles. The van der Waals surface area contributed by atoms with Crippen molar-refractivity contribution in [1.29, 1.82) is 5.41 Å². The summed E-state index contributed by atoms with van der Waals surface area (Å²) in [7, 11) is 1.60. The molecule has 0 radical (unpaired) electrons. The van der Waals surface area contributed by atoms with Gasteiger partial charge in [0.15, 0.2) is 0 Å². The molecular formula is C25H28ClF3N6O. The van der Waals surface area contributed by atoms with Crippen molar-refractivity contribution in [3.05, 3.63) is 87.0 Å². The molecule has 0 spiro atoms. The molecule has 1 atom stereocenters. The second-order valence-electron chi connectivity index (χ2n) is 8.41. The Morgan fingerprint density at radius 2 is 1.83 bits per heavy atom. The normalized spacial score (nSPS) is 17.8. The van der Waals surface area contributed by atoms with Crippen LogP contribution in [0.25, 0.3) is 5.70 Å². The summed E-state index contributed by atoms with van der Waals surface area (Å²) < 4.78 is 42.0. The van der Waals surface area contributed by atoms with E-state index in [4.69, 9.17) is 28.6 Å². The Kier molecular flexibility index (Phi) is 8.65. The van der Waals surface area contributed by atoms with E-state index in [1.807, 2.05) is 0 Å². The summed E-state index contributed by atoms with van der Waals surface area (Å²) in [5.41, 5.74) is 10.3. The average Bonchev–Trinajstić information content (AvgIpc) is 2.82. The summed E-state index contributed by atoms with van der Waals surface area (Å²) in [5, 5.41) is 11.7. The average molecular weight is 521 g/mol. The number of hydrogen-bond acceptors (Lipinski definition) is 6. The van der Waals surface area contributed by atoms with Crippen molar-refractivity contribution in [1.82, 2.24) is 15.6 Å². The molecule has 0 aliphatic carbocycles. The summed E-state index contributed by atoms with van der Waals surface area (Å²) >= 11 is 6.49. The lowest BCUT2D eigenvalue weighted by Crippen LogP contribution is -2.48. The number of nitrogens with one attached hydrogen (secondary N) is 3. The van der Waals surface area contributed by atoms with E-state index in [0.717, 1.165) is 12.1 Å². The minimum Gasteiger partial charge on any atom is -0.401 e. The van der Waals surface area contributed by atoms with E-state index in [1.165, 1.54) is 29.3 Å². The van der Waals surface area contributed by atoms with Crippen LogP contribution in [0.15, 0.2) is 47.8 Å². The molecule has 0 unspecified atom stereocenters. The predicted octanol–water partition coefficient (Wildman–Crippen LogP) is 3.84. The Labute approximate surface area is 212 Å². The Morgan fingerprint density at radius 3 is 2.44 bits per heavy atom. The molecule has 1 heterocycles. The van der Waals surface area contributed by atoms with Gasteiger partial charge in [0.25, 0.3) is 5.91 Å². The Morgan fingerprint density at radius 1 is 1.19 bits per heavy atom. The number of aryl methyl sites for hydroxylation is 1. The monoisotopic (exact) mass is 520 g/mol. The van der Waals surface area contributed by atoms with Gasteiger partial charge >= 0.3 is 0 Å². The predicted molar refractivity (Wildman–Crippen MR) is 135 cm³/mol. The third kappa shape index (κ3) is 5.83. The highest BCUT2D eigenvalue weighted by Gasteiger charge is 2.33. The summed E-state index contributed by atoms with van der Waals surface area (Å²) in [6.45, 7) is 1.86. The van der Waals surface area contributed by atoms with Gasteiger partial charge in [-0.25, -0.2) is 13.2 Å². The lowest BCUT2D eigenvalue weighted by atomic mass is 9.90. The minimum absolute atomic E-state index is 0.0145. The van der Waals surface area contributed by atoms with Crippen molar-refractivity contribution < 1.29 is 18.0 Å². The van der Waals surface area contributed by atoms with E-state index < -0.39 is 29.4 Å². The van der Waals surface area contributed by atoms with Crippen LogP contribution in [0.5, 0.6) is 0 Å². The Bertz CT molecular complexity index is 1230. The highest BCUT2D eigenvalue weighted by Crippen LogP contribution is 2.31. The lowest BCUT2D eigenvalue weighted by Gasteiger charge is -2.36. The minimum atomic E-state index is -0.737. The Hall–Kier alpha value is -3.50. The standard InChI is InChI=1S/C25H28ClF3N6O/c1-13-23(31)20(24(33-2)15-8-16(27)10-17(28)9-15)5-6-35(13)25(36)21-11-18(29)7-14(22(21)26)3-4-19(30)12-34-32/h7-13,31,33-34H,3-6,30,32H2,1-2H3/b19-12-,24-20-,31-23?/t13-/m0/s1. The molecule has 11 heteroatoms. The van der Waals surface area contributed by atoms with Crippen molar-refractivity contribution in [3.8, 4) is 0 Å². The number of hydrazine groups is 1. The number of likely N-dealkylation sites (tertiary alicyclic amines) is 1. The molecule has 1 aliphatic heterocycles. The molecule has 192 valence electrons. The number of rotatable bonds is 7. The van der Waals surface area contributed by atoms with Crippen LogP contribution >= 0.6 is 11.6 Å². The molecule has 3 rings (SSSR count). The summed E-state index contributed by atoms with van der Waals surface area (Å²) in [6.07, 6.45) is 2.28. The number of allylic oxidation sites excluding steroid dienone is 1. The summed E-state index contributed by atoms with van der Waals surface area (Å²) in [5.74, 6) is 2.59. The number of halogens is 4. The second kappa shape index (κ2) is 11.5. The first-order valence-corrected chi connectivity index (χ1v) is 11.6. The molecule has 0 saturated carbocycles. The van der Waals surface area contributed by atoms with Crippen molar-refractivity contribution >= 4 is 28.9 Å². The van der Waals surface area contributed by atoms with Gasteiger partial charge in [-0.3, -0.25) is 10.6 Å². The number of nitrogens with two attached hydrogens (primary N) is 2. The van der Waals surface area contributed by atoms with Gasteiger partial charge in [0.2, 0.25) is 0 Å². The molecule has 0 bridgehead atoms. The van der Waals surface area contributed by atoms with Crippen molar-refractivity contribution in [2.24, 2.45) is 11.6 Å². The highest BCUT2D eigenvalue weighted by molar-refractivity contribution is 6.34. The number of carbonyl (C=O) groups excluding carboxylic acids is 1. The molecule has 7 N–H and O–H groups in total. The number of nitrogens with zero attached hydrogens (tertiary/aromatic N) is 1.